The van der Waals surface area contributed by atoms with Crippen molar-refractivity contribution in [2.75, 3.05) is 0 Å². The Bertz CT molecular complexity index is 594. The van der Waals surface area contributed by atoms with Crippen LogP contribution in [0.25, 0.3) is 0 Å². The Hall–Kier alpha value is -1.47. The maximum Gasteiger partial charge on any atom is 0.123 e. The molecule has 0 radical (unpaired) electrons. The van der Waals surface area contributed by atoms with Crippen LogP contribution in [0.2, 0.25) is 0 Å². The van der Waals surface area contributed by atoms with Crippen LogP contribution in [-0.2, 0) is 6.42 Å². The number of fused-ring (bicyclic) bond motifs is 1. The molecule has 3 rings (SSSR count). The van der Waals surface area contributed by atoms with Gasteiger partial charge in [0.2, 0.25) is 0 Å². The molecule has 0 aliphatic carbocycles. The van der Waals surface area contributed by atoms with Gasteiger partial charge in [-0.05, 0) is 43.4 Å². The van der Waals surface area contributed by atoms with Crippen molar-refractivity contribution in [3.63, 3.8) is 0 Å². The fourth-order valence-corrected chi connectivity index (χ4v) is 3.26. The summed E-state index contributed by atoms with van der Waals surface area (Å²) in [5.41, 5.74) is 3.87. The van der Waals surface area contributed by atoms with Gasteiger partial charge in [-0.25, -0.2) is 0 Å². The molecule has 0 saturated heterocycles. The van der Waals surface area contributed by atoms with Crippen molar-refractivity contribution in [1.82, 2.24) is 0 Å². The second-order valence-electron chi connectivity index (χ2n) is 5.86. The number of halogens is 1. The van der Waals surface area contributed by atoms with E-state index in [0.29, 0.717) is 6.10 Å². The minimum Gasteiger partial charge on any atom is -0.490 e. The SMILES string of the molecule is Cc1ccc2c(c1)CC(CCCC(Cl)c1ccccc1)O2. The fourth-order valence-electron chi connectivity index (χ4n) is 2.96. The first-order valence-electron chi connectivity index (χ1n) is 7.67. The average Bonchev–Trinajstić information content (AvgIpc) is 2.89. The third-order valence-electron chi connectivity index (χ3n) is 4.10. The van der Waals surface area contributed by atoms with Gasteiger partial charge in [0.25, 0.3) is 0 Å². The molecular formula is C19H21ClO. The summed E-state index contributed by atoms with van der Waals surface area (Å²) in [6.45, 7) is 2.13. The zero-order valence-electron chi connectivity index (χ0n) is 12.4. The van der Waals surface area contributed by atoms with Crippen molar-refractivity contribution >= 4 is 11.6 Å². The molecule has 0 bridgehead atoms. The highest BCUT2D eigenvalue weighted by Crippen LogP contribution is 2.32. The lowest BCUT2D eigenvalue weighted by Gasteiger charge is -2.13. The minimum absolute atomic E-state index is 0.109. The monoisotopic (exact) mass is 300 g/mol. The summed E-state index contributed by atoms with van der Waals surface area (Å²) in [4.78, 5) is 0. The van der Waals surface area contributed by atoms with Crippen molar-refractivity contribution in [1.29, 1.82) is 0 Å². The van der Waals surface area contributed by atoms with Crippen LogP contribution in [0.15, 0.2) is 48.5 Å². The molecule has 1 heterocycles. The van der Waals surface area contributed by atoms with E-state index in [1.54, 1.807) is 0 Å². The maximum atomic E-state index is 6.46. The molecule has 0 N–H and O–H groups in total. The van der Waals surface area contributed by atoms with E-state index >= 15 is 0 Å². The van der Waals surface area contributed by atoms with Crippen molar-refractivity contribution in [2.24, 2.45) is 0 Å². The molecule has 2 unspecified atom stereocenters. The van der Waals surface area contributed by atoms with Gasteiger partial charge >= 0.3 is 0 Å². The predicted molar refractivity (Wildman–Crippen MR) is 88.2 cm³/mol. The van der Waals surface area contributed by atoms with E-state index in [0.717, 1.165) is 31.4 Å². The second-order valence-corrected chi connectivity index (χ2v) is 6.39. The van der Waals surface area contributed by atoms with Crippen LogP contribution < -0.4 is 4.74 Å². The summed E-state index contributed by atoms with van der Waals surface area (Å²) in [7, 11) is 0. The van der Waals surface area contributed by atoms with Gasteiger partial charge in [-0.3, -0.25) is 0 Å². The van der Waals surface area contributed by atoms with E-state index in [1.807, 2.05) is 18.2 Å². The summed E-state index contributed by atoms with van der Waals surface area (Å²) < 4.78 is 6.01. The lowest BCUT2D eigenvalue weighted by atomic mass is 10.0. The van der Waals surface area contributed by atoms with Crippen LogP contribution >= 0.6 is 11.6 Å². The molecule has 2 heteroatoms. The first-order chi connectivity index (χ1) is 10.2. The van der Waals surface area contributed by atoms with Crippen LogP contribution in [0.1, 0.15) is 41.3 Å². The first kappa shape index (κ1) is 14.5. The molecule has 1 aliphatic rings. The highest BCUT2D eigenvalue weighted by Gasteiger charge is 2.22. The quantitative estimate of drug-likeness (QED) is 0.667. The summed E-state index contributed by atoms with van der Waals surface area (Å²) in [5, 5.41) is 0.109. The molecule has 0 aromatic heterocycles. The van der Waals surface area contributed by atoms with E-state index < -0.39 is 0 Å². The summed E-state index contributed by atoms with van der Waals surface area (Å²) in [6.07, 6.45) is 4.53. The third-order valence-corrected chi connectivity index (χ3v) is 4.57. The summed E-state index contributed by atoms with van der Waals surface area (Å²) in [5.74, 6) is 1.07. The van der Waals surface area contributed by atoms with E-state index in [2.05, 4.69) is 37.3 Å². The molecule has 0 amide bonds. The average molecular weight is 301 g/mol. The van der Waals surface area contributed by atoms with E-state index in [4.69, 9.17) is 16.3 Å². The zero-order chi connectivity index (χ0) is 14.7. The largest absolute Gasteiger partial charge is 0.490 e. The molecule has 0 spiro atoms. The Morgan fingerprint density at radius 3 is 2.81 bits per heavy atom. The Morgan fingerprint density at radius 2 is 2.00 bits per heavy atom. The molecule has 110 valence electrons. The van der Waals surface area contributed by atoms with Gasteiger partial charge in [0.05, 0.1) is 5.38 Å². The number of hydrogen-bond donors (Lipinski definition) is 0. The predicted octanol–water partition coefficient (Wildman–Crippen LogP) is 5.45. The molecule has 2 aromatic rings. The van der Waals surface area contributed by atoms with Crippen molar-refractivity contribution in [3.8, 4) is 5.75 Å². The van der Waals surface area contributed by atoms with Crippen LogP contribution in [0, 0.1) is 6.92 Å². The number of alkyl halides is 1. The number of hydrogen-bond acceptors (Lipinski definition) is 1. The number of rotatable bonds is 5. The Kier molecular flexibility index (Phi) is 4.50. The summed E-state index contributed by atoms with van der Waals surface area (Å²) >= 11 is 6.46. The van der Waals surface area contributed by atoms with E-state index in [9.17, 15) is 0 Å². The molecular weight excluding hydrogens is 280 g/mol. The Morgan fingerprint density at radius 1 is 1.19 bits per heavy atom. The molecule has 0 saturated carbocycles. The molecule has 1 nitrogen and oxygen atoms in total. The molecule has 21 heavy (non-hydrogen) atoms. The van der Waals surface area contributed by atoms with Gasteiger partial charge in [-0.15, -0.1) is 11.6 Å². The zero-order valence-corrected chi connectivity index (χ0v) is 13.1. The van der Waals surface area contributed by atoms with Crippen molar-refractivity contribution in [2.45, 2.75) is 44.1 Å². The number of benzene rings is 2. The maximum absolute atomic E-state index is 6.46. The standard InChI is InChI=1S/C19H21ClO/c1-14-10-11-19-16(12-14)13-17(21-19)8-5-9-18(20)15-6-3-2-4-7-15/h2-4,6-7,10-12,17-18H,5,8-9,13H2,1H3. The topological polar surface area (TPSA) is 9.23 Å². The van der Waals surface area contributed by atoms with Crippen LogP contribution in [-0.4, -0.2) is 6.10 Å². The lowest BCUT2D eigenvalue weighted by Crippen LogP contribution is -2.12. The van der Waals surface area contributed by atoms with Crippen molar-refractivity contribution < 1.29 is 4.74 Å². The molecule has 2 aromatic carbocycles. The third kappa shape index (κ3) is 3.59. The van der Waals surface area contributed by atoms with Gasteiger partial charge in [-0.2, -0.15) is 0 Å². The van der Waals surface area contributed by atoms with Crippen LogP contribution in [0.4, 0.5) is 0 Å². The molecule has 2 atom stereocenters. The fraction of sp³-hybridized carbons (Fsp3) is 0.368. The van der Waals surface area contributed by atoms with Crippen molar-refractivity contribution in [3.05, 3.63) is 65.2 Å². The normalized spacial score (nSPS) is 18.1. The van der Waals surface area contributed by atoms with Gasteiger partial charge in [0.15, 0.2) is 0 Å². The second kappa shape index (κ2) is 6.53. The van der Waals surface area contributed by atoms with Gasteiger partial charge in [0.1, 0.15) is 11.9 Å². The minimum atomic E-state index is 0.109. The Balaban J connectivity index is 1.47. The lowest BCUT2D eigenvalue weighted by molar-refractivity contribution is 0.216. The van der Waals surface area contributed by atoms with Crippen LogP contribution in [0.3, 0.4) is 0 Å². The Labute approximate surface area is 131 Å². The van der Waals surface area contributed by atoms with Gasteiger partial charge in [-0.1, -0.05) is 48.0 Å². The van der Waals surface area contributed by atoms with Gasteiger partial charge in [0, 0.05) is 6.42 Å². The summed E-state index contributed by atoms with van der Waals surface area (Å²) in [6, 6.07) is 16.8. The van der Waals surface area contributed by atoms with E-state index in [1.165, 1.54) is 16.7 Å². The molecule has 0 fully saturated rings. The molecule has 1 aliphatic heterocycles. The van der Waals surface area contributed by atoms with Crippen LogP contribution in [0.5, 0.6) is 5.75 Å². The highest BCUT2D eigenvalue weighted by molar-refractivity contribution is 6.20. The first-order valence-corrected chi connectivity index (χ1v) is 8.11. The van der Waals surface area contributed by atoms with E-state index in [-0.39, 0.29) is 5.38 Å². The highest BCUT2D eigenvalue weighted by atomic mass is 35.5. The number of ether oxygens (including phenoxy) is 1. The van der Waals surface area contributed by atoms with Gasteiger partial charge < -0.3 is 4.74 Å². The number of aryl methyl sites for hydroxylation is 1. The smallest absolute Gasteiger partial charge is 0.123 e.